The molecule has 19 heteroatoms. The van der Waals surface area contributed by atoms with Crippen molar-refractivity contribution in [3.8, 4) is 0 Å². The number of hydrogen-bond donors (Lipinski definition) is 13. The number of carboxylic acid groups (broad SMARTS) is 1. The van der Waals surface area contributed by atoms with Gasteiger partial charge in [-0.25, -0.2) is 4.79 Å². The predicted molar refractivity (Wildman–Crippen MR) is 122 cm³/mol. The highest BCUT2D eigenvalue weighted by molar-refractivity contribution is 5.67. The Balaban J connectivity index is 0.000000976. The zero-order valence-corrected chi connectivity index (χ0v) is 20.6. The maximum atomic E-state index is 10.8. The Bertz CT molecular complexity index is 750. The number of rotatable bonds is 8. The second kappa shape index (κ2) is 15.1. The van der Waals surface area contributed by atoms with Crippen molar-refractivity contribution >= 4 is 5.97 Å². The van der Waals surface area contributed by atoms with E-state index in [2.05, 4.69) is 0 Å². The van der Waals surface area contributed by atoms with Crippen LogP contribution in [0.15, 0.2) is 0 Å². The molecule has 39 heavy (non-hydrogen) atoms. The first kappa shape index (κ1) is 34.0. The summed E-state index contributed by atoms with van der Waals surface area (Å²) in [6, 6.07) is -3.87. The number of ether oxygens (including phenoxy) is 5. The molecule has 15 atom stereocenters. The molecule has 0 radical (unpaired) electrons. The highest BCUT2D eigenvalue weighted by atomic mass is 16.7. The second-order valence-corrected chi connectivity index (χ2v) is 9.15. The van der Waals surface area contributed by atoms with E-state index in [1.807, 2.05) is 0 Å². The summed E-state index contributed by atoms with van der Waals surface area (Å²) in [6.07, 6.45) is -16.8. The van der Waals surface area contributed by atoms with E-state index in [-0.39, 0.29) is 0 Å². The molecular weight excluding hydrogens is 538 g/mol. The van der Waals surface area contributed by atoms with Crippen molar-refractivity contribution in [2.24, 2.45) is 17.2 Å². The number of aliphatic carboxylic acids is 1. The number of aliphatic hydroxyl groups is 9. The Morgan fingerprint density at radius 3 is 1.44 bits per heavy atom. The summed E-state index contributed by atoms with van der Waals surface area (Å²) in [5.41, 5.74) is 17.6. The molecule has 0 aromatic heterocycles. The van der Waals surface area contributed by atoms with Crippen LogP contribution in [0, 0.1) is 0 Å². The molecule has 16 N–H and O–H groups in total. The lowest BCUT2D eigenvalue weighted by Crippen LogP contribution is -2.69. The number of carbonyl (C=O) groups is 1. The SMILES string of the molecule is N[C@@H]1[C@@H](O)[C@H](O[C@@H]2O[C@H](CO)[C@@H](O[C@@H]3O[C@H](CO)[C@@H](O)[C@H](O)[C@H]3N)[C@H](O)[C@H]2N)[C@@H](CO)O[C@H]1O.O=C(O)CO. The molecule has 230 valence electrons. The number of carboxylic acids is 1. The summed E-state index contributed by atoms with van der Waals surface area (Å²) in [4.78, 5) is 9.12. The van der Waals surface area contributed by atoms with Gasteiger partial charge in [-0.2, -0.15) is 0 Å². The van der Waals surface area contributed by atoms with Gasteiger partial charge < -0.3 is 92.0 Å². The van der Waals surface area contributed by atoms with Gasteiger partial charge in [0.2, 0.25) is 0 Å². The van der Waals surface area contributed by atoms with E-state index in [4.69, 9.17) is 55.9 Å². The number of aliphatic hydroxyl groups excluding tert-OH is 9. The Morgan fingerprint density at radius 2 is 1.00 bits per heavy atom. The van der Waals surface area contributed by atoms with E-state index in [1.165, 1.54) is 0 Å². The molecule has 3 aliphatic rings. The average molecular weight is 578 g/mol. The molecule has 0 spiro atoms. The first-order valence-corrected chi connectivity index (χ1v) is 11.9. The van der Waals surface area contributed by atoms with Crippen LogP contribution in [0.3, 0.4) is 0 Å². The lowest BCUT2D eigenvalue weighted by atomic mass is 9.94. The van der Waals surface area contributed by atoms with Crippen molar-refractivity contribution in [1.82, 2.24) is 0 Å². The van der Waals surface area contributed by atoms with Crippen molar-refractivity contribution in [1.29, 1.82) is 0 Å². The Morgan fingerprint density at radius 1 is 0.615 bits per heavy atom. The summed E-state index contributed by atoms with van der Waals surface area (Å²) < 4.78 is 27.4. The van der Waals surface area contributed by atoms with E-state index >= 15 is 0 Å². The van der Waals surface area contributed by atoms with Gasteiger partial charge >= 0.3 is 5.97 Å². The van der Waals surface area contributed by atoms with Crippen molar-refractivity contribution in [3.63, 3.8) is 0 Å². The fraction of sp³-hybridized carbons (Fsp3) is 0.950. The van der Waals surface area contributed by atoms with Crippen LogP contribution in [0.5, 0.6) is 0 Å². The molecule has 0 amide bonds. The first-order chi connectivity index (χ1) is 18.3. The van der Waals surface area contributed by atoms with Crippen LogP contribution in [0.1, 0.15) is 0 Å². The Kier molecular flexibility index (Phi) is 13.2. The molecule has 3 fully saturated rings. The van der Waals surface area contributed by atoms with Gasteiger partial charge in [-0.15, -0.1) is 0 Å². The molecule has 3 heterocycles. The lowest BCUT2D eigenvalue weighted by molar-refractivity contribution is -0.348. The molecule has 3 aliphatic heterocycles. The second-order valence-electron chi connectivity index (χ2n) is 9.15. The summed E-state index contributed by atoms with van der Waals surface area (Å²) >= 11 is 0. The fourth-order valence-corrected chi connectivity index (χ4v) is 4.18. The molecule has 3 saturated heterocycles. The molecule has 0 aromatic rings. The van der Waals surface area contributed by atoms with Crippen LogP contribution in [-0.4, -0.2) is 175 Å². The summed E-state index contributed by atoms with van der Waals surface area (Å²) in [5.74, 6) is -1.19. The molecule has 0 saturated carbocycles. The molecular formula is C20H39N3O16. The smallest absolute Gasteiger partial charge is 0.329 e. The van der Waals surface area contributed by atoms with Gasteiger partial charge in [0.25, 0.3) is 0 Å². The molecule has 0 aliphatic carbocycles. The van der Waals surface area contributed by atoms with Crippen LogP contribution >= 0.6 is 0 Å². The maximum absolute atomic E-state index is 10.8. The molecule has 3 rings (SSSR count). The quantitative estimate of drug-likeness (QED) is 0.127. The van der Waals surface area contributed by atoms with E-state index in [1.54, 1.807) is 0 Å². The third-order valence-electron chi connectivity index (χ3n) is 6.47. The first-order valence-electron chi connectivity index (χ1n) is 11.9. The van der Waals surface area contributed by atoms with Crippen LogP contribution < -0.4 is 17.2 Å². The van der Waals surface area contributed by atoms with Gasteiger partial charge in [-0.05, 0) is 0 Å². The minimum absolute atomic E-state index is 0.651. The third kappa shape index (κ3) is 7.96. The van der Waals surface area contributed by atoms with Gasteiger partial charge in [-0.3, -0.25) is 0 Å². The maximum Gasteiger partial charge on any atom is 0.329 e. The number of hydrogen-bond acceptors (Lipinski definition) is 18. The molecule has 0 bridgehead atoms. The van der Waals surface area contributed by atoms with Gasteiger partial charge in [-0.1, -0.05) is 0 Å². The highest BCUT2D eigenvalue weighted by Gasteiger charge is 2.52. The third-order valence-corrected chi connectivity index (χ3v) is 6.47. The van der Waals surface area contributed by atoms with Gasteiger partial charge in [0, 0.05) is 0 Å². The predicted octanol–water partition coefficient (Wildman–Crippen LogP) is -8.61. The summed E-state index contributed by atoms with van der Waals surface area (Å²) in [6.45, 7) is -2.78. The standard InChI is InChI=1S/C18H35N3O13.C2H4O3/c19-7-12(27)14(5(2-23)30-16(7)29)33-18-9(21)13(28)15(6(3-24)32-18)34-17-8(20)11(26)10(25)4(1-22)31-17;3-1-2(4)5/h4-18,22-29H,1-3,19-21H2;3H,1H2,(H,4,5)/t4-,5-,6-,7-,8-,9-,10-,11-,12-,13-,14-,15-,16-,17+,18+;/m1./s1. The minimum atomic E-state index is -1.56. The van der Waals surface area contributed by atoms with Crippen molar-refractivity contribution in [2.45, 2.75) is 91.9 Å². The molecule has 0 unspecified atom stereocenters. The van der Waals surface area contributed by atoms with Crippen molar-refractivity contribution in [3.05, 3.63) is 0 Å². The zero-order chi connectivity index (χ0) is 29.6. The summed E-state index contributed by atoms with van der Waals surface area (Å²) in [5, 5.41) is 94.7. The van der Waals surface area contributed by atoms with E-state index in [0.29, 0.717) is 0 Å². The Hall–Kier alpha value is -1.21. The van der Waals surface area contributed by atoms with Crippen molar-refractivity contribution in [2.75, 3.05) is 26.4 Å². The molecule has 19 nitrogen and oxygen atoms in total. The fourth-order valence-electron chi connectivity index (χ4n) is 4.18. The van der Waals surface area contributed by atoms with E-state index in [0.717, 1.165) is 0 Å². The van der Waals surface area contributed by atoms with Gasteiger partial charge in [0.05, 0.1) is 37.9 Å². The van der Waals surface area contributed by atoms with Crippen molar-refractivity contribution < 1.29 is 79.5 Å². The Labute approximate surface area is 221 Å². The number of nitrogens with two attached hydrogens (primary N) is 3. The van der Waals surface area contributed by atoms with E-state index in [9.17, 15) is 40.9 Å². The molecule has 0 aromatic carbocycles. The highest BCUT2D eigenvalue weighted by Crippen LogP contribution is 2.31. The normalized spacial score (nSPS) is 46.7. The van der Waals surface area contributed by atoms with Crippen LogP contribution in [0.2, 0.25) is 0 Å². The largest absolute Gasteiger partial charge is 0.480 e. The van der Waals surface area contributed by atoms with Gasteiger partial charge in [0.1, 0.15) is 61.5 Å². The van der Waals surface area contributed by atoms with Crippen LogP contribution in [-0.2, 0) is 28.5 Å². The average Bonchev–Trinajstić information content (AvgIpc) is 2.92. The lowest BCUT2D eigenvalue weighted by Gasteiger charge is -2.48. The minimum Gasteiger partial charge on any atom is -0.480 e. The van der Waals surface area contributed by atoms with Gasteiger partial charge in [0.15, 0.2) is 18.9 Å². The monoisotopic (exact) mass is 577 g/mol. The van der Waals surface area contributed by atoms with Crippen LogP contribution in [0.25, 0.3) is 0 Å². The summed E-state index contributed by atoms with van der Waals surface area (Å²) in [7, 11) is 0. The van der Waals surface area contributed by atoms with E-state index < -0.39 is 124 Å². The zero-order valence-electron chi connectivity index (χ0n) is 20.6. The van der Waals surface area contributed by atoms with Crippen LogP contribution in [0.4, 0.5) is 0 Å². The topological polar surface area (TPSA) is 344 Å².